The van der Waals surface area contributed by atoms with Crippen LogP contribution in [0, 0.1) is 0 Å². The van der Waals surface area contributed by atoms with Gasteiger partial charge >= 0.3 is 0 Å². The average molecular weight is 202 g/mol. The molecule has 0 aliphatic carbocycles. The molecular formula is C14H18O. The van der Waals surface area contributed by atoms with Crippen LogP contribution < -0.4 is 0 Å². The first-order valence-corrected chi connectivity index (χ1v) is 5.48. The predicted molar refractivity (Wildman–Crippen MR) is 63.9 cm³/mol. The molecule has 80 valence electrons. The van der Waals surface area contributed by atoms with Crippen LogP contribution in [0.2, 0.25) is 0 Å². The van der Waals surface area contributed by atoms with Gasteiger partial charge < -0.3 is 0 Å². The number of allylic oxidation sites excluding steroid dienone is 2. The maximum Gasteiger partial charge on any atom is 0.140 e. The lowest BCUT2D eigenvalue weighted by molar-refractivity contribution is -0.120. The van der Waals surface area contributed by atoms with Crippen LogP contribution in [-0.2, 0) is 4.79 Å². The summed E-state index contributed by atoms with van der Waals surface area (Å²) in [5.41, 5.74) is 1.13. The Morgan fingerprint density at radius 1 is 1.33 bits per heavy atom. The van der Waals surface area contributed by atoms with E-state index in [2.05, 4.69) is 6.08 Å². The minimum absolute atomic E-state index is 0.0346. The van der Waals surface area contributed by atoms with E-state index < -0.39 is 0 Å². The van der Waals surface area contributed by atoms with E-state index in [-0.39, 0.29) is 5.92 Å². The van der Waals surface area contributed by atoms with E-state index in [4.69, 9.17) is 0 Å². The smallest absolute Gasteiger partial charge is 0.140 e. The molecule has 0 fully saturated rings. The fourth-order valence-electron chi connectivity index (χ4n) is 1.66. The Labute approximate surface area is 91.8 Å². The molecule has 0 radical (unpaired) electrons. The average Bonchev–Trinajstić information content (AvgIpc) is 2.30. The Bertz CT molecular complexity index is 324. The van der Waals surface area contributed by atoms with Crippen molar-refractivity contribution in [3.05, 3.63) is 48.0 Å². The molecule has 0 aromatic heterocycles. The number of carbonyl (C=O) groups excluding carboxylic acids is 1. The number of hydrogen-bond acceptors (Lipinski definition) is 1. The van der Waals surface area contributed by atoms with Crippen LogP contribution >= 0.6 is 0 Å². The predicted octanol–water partition coefficient (Wildman–Crippen LogP) is 3.72. The van der Waals surface area contributed by atoms with Gasteiger partial charge in [-0.05, 0) is 18.9 Å². The minimum Gasteiger partial charge on any atom is -0.299 e. The summed E-state index contributed by atoms with van der Waals surface area (Å²) in [5.74, 6) is 0.353. The topological polar surface area (TPSA) is 17.1 Å². The van der Waals surface area contributed by atoms with E-state index in [0.717, 1.165) is 12.0 Å². The first-order chi connectivity index (χ1) is 7.29. The van der Waals surface area contributed by atoms with Crippen LogP contribution in [0.25, 0.3) is 0 Å². The number of hydrogen-bond donors (Lipinski definition) is 0. The molecule has 0 saturated carbocycles. The van der Waals surface area contributed by atoms with E-state index in [1.807, 2.05) is 50.3 Å². The van der Waals surface area contributed by atoms with Gasteiger partial charge in [0.25, 0.3) is 0 Å². The van der Waals surface area contributed by atoms with Crippen molar-refractivity contribution in [3.63, 3.8) is 0 Å². The molecule has 1 rings (SSSR count). The Balaban J connectivity index is 2.86. The molecule has 15 heavy (non-hydrogen) atoms. The lowest BCUT2D eigenvalue weighted by Gasteiger charge is -2.13. The van der Waals surface area contributed by atoms with Crippen LogP contribution in [0.1, 0.15) is 38.2 Å². The van der Waals surface area contributed by atoms with Gasteiger partial charge in [0, 0.05) is 12.3 Å². The summed E-state index contributed by atoms with van der Waals surface area (Å²) < 4.78 is 0. The molecule has 1 aromatic rings. The standard InChI is InChI=1S/C14H18O/c1-3-5-11-13(14(15)4-2)12-9-7-6-8-10-12/h3,5-10,13H,4,11H2,1-2H3. The van der Waals surface area contributed by atoms with Gasteiger partial charge in [0.1, 0.15) is 5.78 Å². The van der Waals surface area contributed by atoms with Gasteiger partial charge in [-0.25, -0.2) is 0 Å². The number of ketones is 1. The zero-order chi connectivity index (χ0) is 11.1. The highest BCUT2D eigenvalue weighted by Crippen LogP contribution is 2.22. The van der Waals surface area contributed by atoms with Crippen molar-refractivity contribution in [2.24, 2.45) is 0 Å². The third-order valence-corrected chi connectivity index (χ3v) is 2.55. The molecule has 1 unspecified atom stereocenters. The van der Waals surface area contributed by atoms with Crippen LogP contribution in [0.4, 0.5) is 0 Å². The molecule has 0 heterocycles. The van der Waals surface area contributed by atoms with Crippen molar-refractivity contribution >= 4 is 5.78 Å². The van der Waals surface area contributed by atoms with Crippen molar-refractivity contribution in [3.8, 4) is 0 Å². The number of carbonyl (C=O) groups is 1. The first kappa shape index (κ1) is 11.7. The largest absolute Gasteiger partial charge is 0.299 e. The molecule has 0 aliphatic rings. The van der Waals surface area contributed by atoms with Crippen LogP contribution in [0.3, 0.4) is 0 Å². The molecule has 0 spiro atoms. The maximum absolute atomic E-state index is 11.8. The van der Waals surface area contributed by atoms with E-state index in [1.165, 1.54) is 0 Å². The van der Waals surface area contributed by atoms with Crippen molar-refractivity contribution in [2.45, 2.75) is 32.6 Å². The maximum atomic E-state index is 11.8. The third kappa shape index (κ3) is 3.35. The van der Waals surface area contributed by atoms with Gasteiger partial charge in [0.15, 0.2) is 0 Å². The molecule has 0 N–H and O–H groups in total. The highest BCUT2D eigenvalue weighted by atomic mass is 16.1. The SMILES string of the molecule is CC=CCC(C(=O)CC)c1ccccc1. The fraction of sp³-hybridized carbons (Fsp3) is 0.357. The normalized spacial score (nSPS) is 12.9. The molecule has 1 aromatic carbocycles. The molecular weight excluding hydrogens is 184 g/mol. The highest BCUT2D eigenvalue weighted by molar-refractivity contribution is 5.85. The van der Waals surface area contributed by atoms with Crippen molar-refractivity contribution in [1.82, 2.24) is 0 Å². The molecule has 0 bridgehead atoms. The minimum atomic E-state index is 0.0346. The second-order valence-corrected chi connectivity index (χ2v) is 3.59. The summed E-state index contributed by atoms with van der Waals surface area (Å²) in [6, 6.07) is 10.0. The zero-order valence-electron chi connectivity index (χ0n) is 9.44. The molecule has 1 nitrogen and oxygen atoms in total. The Hall–Kier alpha value is -1.37. The Morgan fingerprint density at radius 2 is 2.00 bits per heavy atom. The van der Waals surface area contributed by atoms with Crippen LogP contribution in [0.5, 0.6) is 0 Å². The van der Waals surface area contributed by atoms with Gasteiger partial charge in [-0.1, -0.05) is 49.4 Å². The van der Waals surface area contributed by atoms with E-state index in [0.29, 0.717) is 12.2 Å². The molecule has 1 atom stereocenters. The second kappa shape index (κ2) is 6.18. The third-order valence-electron chi connectivity index (χ3n) is 2.55. The molecule has 1 heteroatoms. The summed E-state index contributed by atoms with van der Waals surface area (Å²) in [7, 11) is 0. The number of rotatable bonds is 5. The van der Waals surface area contributed by atoms with Gasteiger partial charge in [-0.15, -0.1) is 0 Å². The van der Waals surface area contributed by atoms with Crippen molar-refractivity contribution in [1.29, 1.82) is 0 Å². The quantitative estimate of drug-likeness (QED) is 0.665. The van der Waals surface area contributed by atoms with Crippen LogP contribution in [0.15, 0.2) is 42.5 Å². The zero-order valence-corrected chi connectivity index (χ0v) is 9.44. The molecule has 0 aliphatic heterocycles. The van der Waals surface area contributed by atoms with Crippen LogP contribution in [-0.4, -0.2) is 5.78 Å². The number of Topliss-reactive ketones (excluding diaryl/α,β-unsaturated/α-hetero) is 1. The highest BCUT2D eigenvalue weighted by Gasteiger charge is 2.16. The van der Waals surface area contributed by atoms with E-state index >= 15 is 0 Å². The summed E-state index contributed by atoms with van der Waals surface area (Å²) >= 11 is 0. The van der Waals surface area contributed by atoms with Gasteiger partial charge in [-0.2, -0.15) is 0 Å². The summed E-state index contributed by atoms with van der Waals surface area (Å²) in [5, 5.41) is 0. The van der Waals surface area contributed by atoms with Gasteiger partial charge in [0.2, 0.25) is 0 Å². The van der Waals surface area contributed by atoms with E-state index in [9.17, 15) is 4.79 Å². The lowest BCUT2D eigenvalue weighted by Crippen LogP contribution is -2.10. The Kier molecular flexibility index (Phi) is 4.82. The summed E-state index contributed by atoms with van der Waals surface area (Å²) in [4.78, 5) is 11.8. The fourth-order valence-corrected chi connectivity index (χ4v) is 1.66. The summed E-state index contributed by atoms with van der Waals surface area (Å²) in [6.45, 7) is 3.91. The number of benzene rings is 1. The molecule has 0 saturated heterocycles. The first-order valence-electron chi connectivity index (χ1n) is 5.48. The van der Waals surface area contributed by atoms with E-state index in [1.54, 1.807) is 0 Å². The van der Waals surface area contributed by atoms with Gasteiger partial charge in [-0.3, -0.25) is 4.79 Å². The van der Waals surface area contributed by atoms with Crippen molar-refractivity contribution < 1.29 is 4.79 Å². The van der Waals surface area contributed by atoms with Crippen molar-refractivity contribution in [2.75, 3.05) is 0 Å². The monoisotopic (exact) mass is 202 g/mol. The summed E-state index contributed by atoms with van der Waals surface area (Å²) in [6.07, 6.45) is 5.48. The van der Waals surface area contributed by atoms with Gasteiger partial charge in [0.05, 0.1) is 0 Å². The second-order valence-electron chi connectivity index (χ2n) is 3.59. The Morgan fingerprint density at radius 3 is 2.53 bits per heavy atom. The lowest BCUT2D eigenvalue weighted by atomic mass is 9.90. The molecule has 0 amide bonds.